The van der Waals surface area contributed by atoms with Gasteiger partial charge < -0.3 is 18.3 Å². The van der Waals surface area contributed by atoms with E-state index in [-0.39, 0.29) is 0 Å². The third kappa shape index (κ3) is 6.01. The summed E-state index contributed by atoms with van der Waals surface area (Å²) in [6.45, 7) is 0. The Balaban J connectivity index is 0.870. The maximum atomic E-state index is 6.57. The van der Waals surface area contributed by atoms with Gasteiger partial charge in [-0.3, -0.25) is 0 Å². The highest BCUT2D eigenvalue weighted by atomic mass is 16.3. The molecule has 0 aliphatic heterocycles. The quantitative estimate of drug-likeness (QED) is 0.160. The van der Waals surface area contributed by atoms with Crippen LogP contribution in [0.1, 0.15) is 0 Å². The van der Waals surface area contributed by atoms with E-state index in [0.717, 1.165) is 99.8 Å². The second-order valence-corrected chi connectivity index (χ2v) is 17.6. The molecule has 0 saturated heterocycles. The molecule has 0 unspecified atom stereocenters. The van der Waals surface area contributed by atoms with Crippen molar-refractivity contribution in [2.24, 2.45) is 0 Å². The topological polar surface area (TPSA) is 34.5 Å². The molecule has 0 radical (unpaired) electrons. The van der Waals surface area contributed by atoms with Gasteiger partial charge in [0.25, 0.3) is 0 Å². The van der Waals surface area contributed by atoms with E-state index >= 15 is 0 Å². The second kappa shape index (κ2) is 15.2. The van der Waals surface area contributed by atoms with Crippen LogP contribution in [0.15, 0.2) is 251 Å². The van der Waals surface area contributed by atoms with Crippen molar-refractivity contribution in [1.82, 2.24) is 4.57 Å². The van der Waals surface area contributed by atoms with Crippen molar-refractivity contribution in [3.05, 3.63) is 243 Å². The van der Waals surface area contributed by atoms with E-state index in [1.807, 2.05) is 12.1 Å². The molecule has 318 valence electrons. The van der Waals surface area contributed by atoms with E-state index in [2.05, 4.69) is 240 Å². The van der Waals surface area contributed by atoms with E-state index in [0.29, 0.717) is 0 Å². The molecule has 0 spiro atoms. The van der Waals surface area contributed by atoms with Gasteiger partial charge in [0.05, 0.1) is 16.7 Å². The number of hydrogen-bond donors (Lipinski definition) is 0. The number of furan rings is 2. The lowest BCUT2D eigenvalue weighted by Gasteiger charge is -2.26. The fraction of sp³-hybridized carbons (Fsp3) is 0. The van der Waals surface area contributed by atoms with Gasteiger partial charge in [0.15, 0.2) is 0 Å². The summed E-state index contributed by atoms with van der Waals surface area (Å²) in [4.78, 5) is 2.35. The van der Waals surface area contributed by atoms with Crippen LogP contribution in [-0.4, -0.2) is 4.57 Å². The normalized spacial score (nSPS) is 11.8. The van der Waals surface area contributed by atoms with E-state index < -0.39 is 0 Å². The molecule has 3 heterocycles. The van der Waals surface area contributed by atoms with Gasteiger partial charge in [-0.05, 0) is 118 Å². The maximum absolute atomic E-state index is 6.57. The van der Waals surface area contributed by atoms with Gasteiger partial charge in [-0.25, -0.2) is 0 Å². The Hall–Kier alpha value is -9.12. The van der Waals surface area contributed by atoms with Crippen LogP contribution in [0.4, 0.5) is 17.1 Å². The summed E-state index contributed by atoms with van der Waals surface area (Å²) in [6, 6.07) is 86.9. The molecule has 0 amide bonds. The van der Waals surface area contributed by atoms with Crippen molar-refractivity contribution < 1.29 is 8.83 Å². The molecule has 4 nitrogen and oxygen atoms in total. The number of para-hydroxylation sites is 4. The molecule has 0 fully saturated rings. The van der Waals surface area contributed by atoms with Crippen LogP contribution in [0, 0.1) is 0 Å². The van der Waals surface area contributed by atoms with Crippen LogP contribution in [0.25, 0.3) is 116 Å². The van der Waals surface area contributed by atoms with Gasteiger partial charge in [0.2, 0.25) is 0 Å². The SMILES string of the molecule is c1ccc(-n2c3ccccc3c3ccccc32)c(-c2ccc(N(c3ccc(-c4ccc5c(c4)oc4ccccc45)cc3)c3ccc(-c4cccc5oc6c7ccccc7ccc6c45)cc3)cc2)c1. The lowest BCUT2D eigenvalue weighted by Crippen LogP contribution is -2.09. The Labute approximate surface area is 391 Å². The van der Waals surface area contributed by atoms with Gasteiger partial charge >= 0.3 is 0 Å². The summed E-state index contributed by atoms with van der Waals surface area (Å²) >= 11 is 0. The molecule has 0 N–H and O–H groups in total. The van der Waals surface area contributed by atoms with Gasteiger partial charge in [-0.2, -0.15) is 0 Å². The molecule has 3 aromatic heterocycles. The second-order valence-electron chi connectivity index (χ2n) is 17.6. The highest BCUT2D eigenvalue weighted by Crippen LogP contribution is 2.43. The zero-order valence-electron chi connectivity index (χ0n) is 36.8. The van der Waals surface area contributed by atoms with Crippen molar-refractivity contribution in [3.63, 3.8) is 0 Å². The minimum Gasteiger partial charge on any atom is -0.456 e. The minimum absolute atomic E-state index is 0.888. The first-order valence-electron chi connectivity index (χ1n) is 23.2. The van der Waals surface area contributed by atoms with Crippen molar-refractivity contribution in [2.75, 3.05) is 4.90 Å². The van der Waals surface area contributed by atoms with Gasteiger partial charge in [-0.1, -0.05) is 158 Å². The molecular weight excluding hydrogens is 829 g/mol. The Morgan fingerprint density at radius 1 is 0.309 bits per heavy atom. The standard InChI is InChI=1S/C64H40N2O2/c1-2-14-51-42(12-1)30-39-56-63-50(18-11-23-61(63)68-64(51)56)44-28-36-48(37-29-44)65(46-32-24-41(25-33-46)45-31-38-55-54-17-6-10-22-60(54)67-62(55)40-45)47-34-26-43(27-35-47)49-13-3-7-19-57(49)66-58-20-8-4-15-52(58)53-16-5-9-21-59(53)66/h1-40H. The molecule has 14 aromatic rings. The molecule has 14 rings (SSSR count). The third-order valence-electron chi connectivity index (χ3n) is 13.8. The molecule has 0 saturated carbocycles. The lowest BCUT2D eigenvalue weighted by molar-refractivity contribution is 0.669. The van der Waals surface area contributed by atoms with Gasteiger partial charge in [0, 0.05) is 60.3 Å². The third-order valence-corrected chi connectivity index (χ3v) is 13.8. The van der Waals surface area contributed by atoms with Crippen LogP contribution in [0.2, 0.25) is 0 Å². The number of benzene rings is 11. The monoisotopic (exact) mass is 868 g/mol. The van der Waals surface area contributed by atoms with Crippen molar-refractivity contribution in [1.29, 1.82) is 0 Å². The molecule has 4 heteroatoms. The van der Waals surface area contributed by atoms with Crippen LogP contribution < -0.4 is 4.90 Å². The van der Waals surface area contributed by atoms with E-state index in [9.17, 15) is 0 Å². The number of aromatic nitrogens is 1. The molecule has 0 atom stereocenters. The fourth-order valence-corrected chi connectivity index (χ4v) is 10.6. The molecule has 11 aromatic carbocycles. The number of anilines is 3. The molecule has 0 aliphatic carbocycles. The van der Waals surface area contributed by atoms with Crippen molar-refractivity contribution in [3.8, 4) is 39.1 Å². The average Bonchev–Trinajstić information content (AvgIpc) is 4.09. The Morgan fingerprint density at radius 2 is 0.824 bits per heavy atom. The molecule has 68 heavy (non-hydrogen) atoms. The molecule has 0 aliphatic rings. The summed E-state index contributed by atoms with van der Waals surface area (Å²) in [5.74, 6) is 0. The summed E-state index contributed by atoms with van der Waals surface area (Å²) in [5, 5.41) is 9.31. The van der Waals surface area contributed by atoms with E-state index in [4.69, 9.17) is 8.83 Å². The first-order chi connectivity index (χ1) is 33.7. The van der Waals surface area contributed by atoms with E-state index in [1.54, 1.807) is 0 Å². The van der Waals surface area contributed by atoms with Crippen molar-refractivity contribution in [2.45, 2.75) is 0 Å². The average molecular weight is 869 g/mol. The van der Waals surface area contributed by atoms with Crippen molar-refractivity contribution >= 4 is 93.5 Å². The largest absolute Gasteiger partial charge is 0.456 e. The van der Waals surface area contributed by atoms with Gasteiger partial charge in [-0.15, -0.1) is 0 Å². The molecule has 0 bridgehead atoms. The predicted octanol–water partition coefficient (Wildman–Crippen LogP) is 18.2. The summed E-state index contributed by atoms with van der Waals surface area (Å²) in [5.41, 5.74) is 17.1. The van der Waals surface area contributed by atoms with E-state index in [1.165, 1.54) is 32.8 Å². The summed E-state index contributed by atoms with van der Waals surface area (Å²) < 4.78 is 15.3. The summed E-state index contributed by atoms with van der Waals surface area (Å²) in [6.07, 6.45) is 0. The van der Waals surface area contributed by atoms with Crippen LogP contribution in [0.3, 0.4) is 0 Å². The highest BCUT2D eigenvalue weighted by Gasteiger charge is 2.19. The number of hydrogen-bond acceptors (Lipinski definition) is 3. The Kier molecular flexibility index (Phi) is 8.55. The first-order valence-corrected chi connectivity index (χ1v) is 23.2. The summed E-state index contributed by atoms with van der Waals surface area (Å²) in [7, 11) is 0. The van der Waals surface area contributed by atoms with Crippen LogP contribution in [-0.2, 0) is 0 Å². The first kappa shape index (κ1) is 38.2. The number of rotatable bonds is 7. The lowest BCUT2D eigenvalue weighted by atomic mass is 9.97. The maximum Gasteiger partial charge on any atom is 0.143 e. The van der Waals surface area contributed by atoms with Crippen LogP contribution >= 0.6 is 0 Å². The molecular formula is C64H40N2O2. The van der Waals surface area contributed by atoms with Gasteiger partial charge in [0.1, 0.15) is 22.3 Å². The number of fused-ring (bicyclic) bond motifs is 11. The zero-order valence-corrected chi connectivity index (χ0v) is 36.8. The predicted molar refractivity (Wildman–Crippen MR) is 284 cm³/mol. The minimum atomic E-state index is 0.888. The Morgan fingerprint density at radius 3 is 1.54 bits per heavy atom. The van der Waals surface area contributed by atoms with Crippen LogP contribution in [0.5, 0.6) is 0 Å². The highest BCUT2D eigenvalue weighted by molar-refractivity contribution is 6.19. The zero-order chi connectivity index (χ0) is 44.7. The fourth-order valence-electron chi connectivity index (χ4n) is 10.6. The smallest absolute Gasteiger partial charge is 0.143 e. The Bertz CT molecular complexity index is 4200. The number of nitrogens with zero attached hydrogens (tertiary/aromatic N) is 2.